The van der Waals surface area contributed by atoms with E-state index in [1.54, 1.807) is 6.33 Å². The molecule has 0 bridgehead atoms. The second-order valence-electron chi connectivity index (χ2n) is 8.39. The summed E-state index contributed by atoms with van der Waals surface area (Å²) >= 11 is 0. The normalized spacial score (nSPS) is 15.4. The number of aromatic nitrogens is 2. The summed E-state index contributed by atoms with van der Waals surface area (Å²) in [7, 11) is 0. The molecule has 1 amide bonds. The van der Waals surface area contributed by atoms with Gasteiger partial charge in [-0.25, -0.2) is 4.98 Å². The average Bonchev–Trinajstić information content (AvgIpc) is 3.54. The van der Waals surface area contributed by atoms with E-state index in [2.05, 4.69) is 16.4 Å². The van der Waals surface area contributed by atoms with Crippen LogP contribution in [0.5, 0.6) is 0 Å². The van der Waals surface area contributed by atoms with Gasteiger partial charge in [-0.05, 0) is 41.4 Å². The summed E-state index contributed by atoms with van der Waals surface area (Å²) in [5.41, 5.74) is 3.26. The Morgan fingerprint density at radius 1 is 1.12 bits per heavy atom. The molecule has 1 N–H and O–H groups in total. The molecule has 33 heavy (non-hydrogen) atoms. The van der Waals surface area contributed by atoms with E-state index in [0.29, 0.717) is 18.7 Å². The number of nitrogens with zero attached hydrogens (tertiary/aromatic N) is 4. The number of hydrogen-bond acceptors (Lipinski definition) is 4. The summed E-state index contributed by atoms with van der Waals surface area (Å²) in [6, 6.07) is 23.9. The van der Waals surface area contributed by atoms with Gasteiger partial charge in [0.05, 0.1) is 36.7 Å². The molecule has 0 spiro atoms. The molecule has 3 aromatic carbocycles. The Kier molecular flexibility index (Phi) is 5.88. The molecule has 1 saturated heterocycles. The molecular weight excluding hydrogens is 410 g/mol. The Hall–Kier alpha value is -3.95. The largest absolute Gasteiger partial charge is 0.328 e. The van der Waals surface area contributed by atoms with E-state index in [1.165, 1.54) is 0 Å². The fourth-order valence-corrected chi connectivity index (χ4v) is 4.59. The van der Waals surface area contributed by atoms with Crippen LogP contribution in [0.2, 0.25) is 0 Å². The van der Waals surface area contributed by atoms with Crippen molar-refractivity contribution in [3.63, 3.8) is 0 Å². The number of fused-ring (bicyclic) bond motifs is 1. The molecule has 5 rings (SSSR count). The summed E-state index contributed by atoms with van der Waals surface area (Å²) in [4.78, 5) is 20.2. The molecule has 1 unspecified atom stereocenters. The number of nitriles is 1. The number of carbonyl (C=O) groups is 1. The van der Waals surface area contributed by atoms with Gasteiger partial charge >= 0.3 is 0 Å². The van der Waals surface area contributed by atoms with Crippen LogP contribution in [0.15, 0.2) is 79.3 Å². The smallest absolute Gasteiger partial charge is 0.255 e. The fourth-order valence-electron chi connectivity index (χ4n) is 4.59. The molecule has 1 atom stereocenters. The van der Waals surface area contributed by atoms with Gasteiger partial charge in [0.2, 0.25) is 0 Å². The second kappa shape index (κ2) is 9.27. The average molecular weight is 436 g/mol. The number of amides is 1. The number of rotatable bonds is 6. The molecule has 1 fully saturated rings. The van der Waals surface area contributed by atoms with Crippen molar-refractivity contribution in [1.82, 2.24) is 19.8 Å². The summed E-state index contributed by atoms with van der Waals surface area (Å²) in [5, 5.41) is 14.9. The van der Waals surface area contributed by atoms with Gasteiger partial charge in [-0.3, -0.25) is 4.79 Å². The molecule has 4 aromatic rings. The molecule has 2 heterocycles. The zero-order valence-corrected chi connectivity index (χ0v) is 18.3. The molecule has 164 valence electrons. The highest BCUT2D eigenvalue weighted by molar-refractivity contribution is 6.07. The molecule has 1 aliphatic rings. The Morgan fingerprint density at radius 2 is 1.94 bits per heavy atom. The van der Waals surface area contributed by atoms with E-state index < -0.39 is 0 Å². The minimum Gasteiger partial charge on any atom is -0.328 e. The summed E-state index contributed by atoms with van der Waals surface area (Å²) < 4.78 is 2.03. The van der Waals surface area contributed by atoms with Crippen molar-refractivity contribution >= 4 is 16.7 Å². The number of hydrogen-bond donors (Lipinski definition) is 1. The van der Waals surface area contributed by atoms with Gasteiger partial charge in [-0.1, -0.05) is 54.6 Å². The van der Waals surface area contributed by atoms with Crippen LogP contribution in [0.3, 0.4) is 0 Å². The van der Waals surface area contributed by atoms with Gasteiger partial charge in [0.25, 0.3) is 5.91 Å². The van der Waals surface area contributed by atoms with Crippen LogP contribution >= 0.6 is 0 Å². The van der Waals surface area contributed by atoms with Crippen LogP contribution in [-0.4, -0.2) is 39.5 Å². The van der Waals surface area contributed by atoms with Crippen LogP contribution in [0, 0.1) is 11.3 Å². The minimum absolute atomic E-state index is 0.0330. The summed E-state index contributed by atoms with van der Waals surface area (Å²) in [6.45, 7) is 2.68. The van der Waals surface area contributed by atoms with Crippen LogP contribution in [0.4, 0.5) is 0 Å². The summed E-state index contributed by atoms with van der Waals surface area (Å²) in [6.07, 6.45) is 4.51. The molecule has 6 heteroatoms. The molecule has 1 aliphatic heterocycles. The number of benzene rings is 3. The lowest BCUT2D eigenvalue weighted by Crippen LogP contribution is -2.41. The van der Waals surface area contributed by atoms with Crippen molar-refractivity contribution in [3.05, 3.63) is 102 Å². The van der Waals surface area contributed by atoms with Crippen LogP contribution < -0.4 is 5.32 Å². The lowest BCUT2D eigenvalue weighted by Gasteiger charge is -2.29. The maximum absolute atomic E-state index is 13.9. The van der Waals surface area contributed by atoms with Crippen molar-refractivity contribution < 1.29 is 4.79 Å². The molecule has 0 radical (unpaired) electrons. The Morgan fingerprint density at radius 3 is 2.79 bits per heavy atom. The number of carbonyl (C=O) groups excluding carboxylic acids is 1. The van der Waals surface area contributed by atoms with Gasteiger partial charge in [-0.2, -0.15) is 5.26 Å². The van der Waals surface area contributed by atoms with E-state index in [9.17, 15) is 10.1 Å². The van der Waals surface area contributed by atoms with Gasteiger partial charge in [-0.15, -0.1) is 0 Å². The number of imidazole rings is 1. The fraction of sp³-hybridized carbons (Fsp3) is 0.222. The van der Waals surface area contributed by atoms with E-state index in [1.807, 2.05) is 82.4 Å². The molecular formula is C27H25N5O. The van der Waals surface area contributed by atoms with Gasteiger partial charge in [0.1, 0.15) is 0 Å². The standard InChI is InChI=1S/C27H25N5O/c28-14-21-7-1-2-8-22(21)17-31-19-30-16-24(31)18-32(23-12-13-29-15-23)27(33)26-11-5-9-20-6-3-4-10-25(20)26/h1-11,16,19,23,29H,12-13,15,17-18H2. The van der Waals surface area contributed by atoms with Crippen LogP contribution in [0.1, 0.15) is 33.6 Å². The first kappa shape index (κ1) is 20.9. The highest BCUT2D eigenvalue weighted by Crippen LogP contribution is 2.24. The first-order valence-corrected chi connectivity index (χ1v) is 11.2. The highest BCUT2D eigenvalue weighted by Gasteiger charge is 2.29. The van der Waals surface area contributed by atoms with E-state index in [0.717, 1.165) is 47.1 Å². The van der Waals surface area contributed by atoms with Crippen molar-refractivity contribution in [2.45, 2.75) is 25.6 Å². The molecule has 6 nitrogen and oxygen atoms in total. The Bertz CT molecular complexity index is 1320. The first-order valence-electron chi connectivity index (χ1n) is 11.2. The first-order chi connectivity index (χ1) is 16.2. The van der Waals surface area contributed by atoms with E-state index >= 15 is 0 Å². The zero-order chi connectivity index (χ0) is 22.6. The topological polar surface area (TPSA) is 74.0 Å². The molecule has 0 saturated carbocycles. The van der Waals surface area contributed by atoms with Gasteiger partial charge < -0.3 is 14.8 Å². The quantitative estimate of drug-likeness (QED) is 0.498. The third-order valence-electron chi connectivity index (χ3n) is 6.37. The van der Waals surface area contributed by atoms with Crippen LogP contribution in [0.25, 0.3) is 10.8 Å². The van der Waals surface area contributed by atoms with Crippen LogP contribution in [-0.2, 0) is 13.1 Å². The Labute approximate surface area is 193 Å². The lowest BCUT2D eigenvalue weighted by atomic mass is 10.0. The Balaban J connectivity index is 1.47. The van der Waals surface area contributed by atoms with Crippen molar-refractivity contribution in [3.8, 4) is 6.07 Å². The van der Waals surface area contributed by atoms with Crippen molar-refractivity contribution in [2.24, 2.45) is 0 Å². The SMILES string of the molecule is N#Cc1ccccc1Cn1cncc1CN(C(=O)c1cccc2ccccc12)C1CCNC1. The molecule has 1 aromatic heterocycles. The number of nitrogens with one attached hydrogen (secondary N) is 1. The van der Waals surface area contributed by atoms with Gasteiger partial charge in [0.15, 0.2) is 0 Å². The highest BCUT2D eigenvalue weighted by atomic mass is 16.2. The summed E-state index contributed by atoms with van der Waals surface area (Å²) in [5.74, 6) is 0.0330. The van der Waals surface area contributed by atoms with Gasteiger partial charge in [0, 0.05) is 24.3 Å². The monoisotopic (exact) mass is 435 g/mol. The van der Waals surface area contributed by atoms with Crippen molar-refractivity contribution in [1.29, 1.82) is 5.26 Å². The lowest BCUT2D eigenvalue weighted by molar-refractivity contribution is 0.0673. The third-order valence-corrected chi connectivity index (χ3v) is 6.37. The predicted molar refractivity (Wildman–Crippen MR) is 128 cm³/mol. The van der Waals surface area contributed by atoms with E-state index in [4.69, 9.17) is 0 Å². The maximum Gasteiger partial charge on any atom is 0.255 e. The second-order valence-corrected chi connectivity index (χ2v) is 8.39. The third kappa shape index (κ3) is 4.23. The molecule has 0 aliphatic carbocycles. The van der Waals surface area contributed by atoms with E-state index in [-0.39, 0.29) is 11.9 Å². The maximum atomic E-state index is 13.9. The minimum atomic E-state index is 0.0330. The zero-order valence-electron chi connectivity index (χ0n) is 18.3. The van der Waals surface area contributed by atoms with Crippen molar-refractivity contribution in [2.75, 3.05) is 13.1 Å². The predicted octanol–water partition coefficient (Wildman–Crippen LogP) is 3.96.